The van der Waals surface area contributed by atoms with Gasteiger partial charge in [-0.15, -0.1) is 0 Å². The summed E-state index contributed by atoms with van der Waals surface area (Å²) in [7, 11) is 0. The zero-order valence-electron chi connectivity index (χ0n) is 11.8. The Balaban J connectivity index is 1.53. The SMILES string of the molecule is OC1CCN(C2CCC(Nc3nc(Cl)ncc3Br)CC2)C1. The van der Waals surface area contributed by atoms with Gasteiger partial charge < -0.3 is 10.4 Å². The minimum atomic E-state index is -0.125. The third kappa shape index (κ3) is 3.86. The van der Waals surface area contributed by atoms with Crippen LogP contribution in [-0.4, -0.2) is 51.3 Å². The van der Waals surface area contributed by atoms with Gasteiger partial charge in [-0.25, -0.2) is 4.98 Å². The second-order valence-electron chi connectivity index (χ2n) is 5.92. The van der Waals surface area contributed by atoms with Gasteiger partial charge in [0.1, 0.15) is 5.82 Å². The number of halogens is 2. The molecule has 1 aliphatic carbocycles. The summed E-state index contributed by atoms with van der Waals surface area (Å²) in [6, 6.07) is 1.05. The van der Waals surface area contributed by atoms with Crippen LogP contribution in [0.15, 0.2) is 10.7 Å². The number of rotatable bonds is 3. The maximum atomic E-state index is 9.65. The summed E-state index contributed by atoms with van der Waals surface area (Å²) in [6.07, 6.45) is 7.04. The average molecular weight is 376 g/mol. The lowest BCUT2D eigenvalue weighted by molar-refractivity contribution is 0.140. The third-order valence-corrected chi connectivity index (χ3v) is 5.23. The second-order valence-corrected chi connectivity index (χ2v) is 7.12. The van der Waals surface area contributed by atoms with Gasteiger partial charge in [0.15, 0.2) is 0 Å². The number of aromatic nitrogens is 2. The van der Waals surface area contributed by atoms with Crippen molar-refractivity contribution in [2.24, 2.45) is 0 Å². The van der Waals surface area contributed by atoms with E-state index in [1.54, 1.807) is 6.20 Å². The van der Waals surface area contributed by atoms with Crippen molar-refractivity contribution in [3.05, 3.63) is 16.0 Å². The Labute approximate surface area is 138 Å². The van der Waals surface area contributed by atoms with Crippen molar-refractivity contribution < 1.29 is 5.11 Å². The van der Waals surface area contributed by atoms with Crippen LogP contribution in [0.3, 0.4) is 0 Å². The van der Waals surface area contributed by atoms with Crippen LogP contribution in [0.5, 0.6) is 0 Å². The molecule has 0 amide bonds. The Bertz CT molecular complexity index is 496. The Hall–Kier alpha value is -0.430. The van der Waals surface area contributed by atoms with Crippen LogP contribution in [-0.2, 0) is 0 Å². The molecule has 2 fully saturated rings. The summed E-state index contributed by atoms with van der Waals surface area (Å²) >= 11 is 9.29. The van der Waals surface area contributed by atoms with E-state index < -0.39 is 0 Å². The summed E-state index contributed by atoms with van der Waals surface area (Å²) in [5, 5.41) is 13.4. The van der Waals surface area contributed by atoms with Crippen molar-refractivity contribution in [2.75, 3.05) is 18.4 Å². The van der Waals surface area contributed by atoms with E-state index in [1.807, 2.05) is 0 Å². The fraction of sp³-hybridized carbons (Fsp3) is 0.714. The molecule has 5 nitrogen and oxygen atoms in total. The topological polar surface area (TPSA) is 61.3 Å². The number of anilines is 1. The van der Waals surface area contributed by atoms with Crippen molar-refractivity contribution in [3.8, 4) is 0 Å². The molecule has 1 aliphatic heterocycles. The summed E-state index contributed by atoms with van der Waals surface area (Å²) in [5.41, 5.74) is 0. The Morgan fingerprint density at radius 2 is 2.05 bits per heavy atom. The van der Waals surface area contributed by atoms with Gasteiger partial charge in [0.05, 0.1) is 10.6 Å². The molecular formula is C14H20BrClN4O. The zero-order valence-corrected chi connectivity index (χ0v) is 14.1. The molecule has 2 aliphatic rings. The molecular weight excluding hydrogens is 356 g/mol. The van der Waals surface area contributed by atoms with Gasteiger partial charge in [-0.05, 0) is 59.6 Å². The standard InChI is InChI=1S/C14H20BrClN4O/c15-12-7-17-14(16)19-13(12)18-9-1-3-10(4-2-9)20-6-5-11(21)8-20/h7,9-11,21H,1-6,8H2,(H,17,18,19). The monoisotopic (exact) mass is 374 g/mol. The van der Waals surface area contributed by atoms with Crippen LogP contribution in [0.4, 0.5) is 5.82 Å². The van der Waals surface area contributed by atoms with E-state index >= 15 is 0 Å². The molecule has 1 atom stereocenters. The van der Waals surface area contributed by atoms with E-state index in [9.17, 15) is 5.11 Å². The number of likely N-dealkylation sites (tertiary alicyclic amines) is 1. The van der Waals surface area contributed by atoms with E-state index in [1.165, 1.54) is 12.8 Å². The molecule has 0 aromatic carbocycles. The molecule has 21 heavy (non-hydrogen) atoms. The number of hydrogen-bond donors (Lipinski definition) is 2. The lowest BCUT2D eigenvalue weighted by Gasteiger charge is -2.35. The summed E-state index contributed by atoms with van der Waals surface area (Å²) in [4.78, 5) is 10.6. The number of nitrogens with one attached hydrogen (secondary N) is 1. The number of β-amino-alcohol motifs (C(OH)–C–C–N with tert-alkyl or cyclic N) is 1. The van der Waals surface area contributed by atoms with Crippen molar-refractivity contribution >= 4 is 33.3 Å². The molecule has 0 bridgehead atoms. The normalized spacial score (nSPS) is 30.5. The van der Waals surface area contributed by atoms with E-state index in [-0.39, 0.29) is 11.4 Å². The van der Waals surface area contributed by atoms with Crippen molar-refractivity contribution in [2.45, 2.75) is 50.3 Å². The maximum absolute atomic E-state index is 9.65. The maximum Gasteiger partial charge on any atom is 0.224 e. The first-order chi connectivity index (χ1) is 10.1. The van der Waals surface area contributed by atoms with Crippen LogP contribution in [0, 0.1) is 0 Å². The Morgan fingerprint density at radius 1 is 1.29 bits per heavy atom. The number of hydrogen-bond acceptors (Lipinski definition) is 5. The molecule has 116 valence electrons. The molecule has 0 spiro atoms. The molecule has 1 unspecified atom stereocenters. The Kier molecular flexibility index (Phi) is 4.99. The molecule has 1 aromatic heterocycles. The summed E-state index contributed by atoms with van der Waals surface area (Å²) in [6.45, 7) is 1.88. The van der Waals surface area contributed by atoms with Gasteiger partial charge in [-0.2, -0.15) is 4.98 Å². The van der Waals surface area contributed by atoms with Crippen LogP contribution < -0.4 is 5.32 Å². The minimum Gasteiger partial charge on any atom is -0.392 e. The van der Waals surface area contributed by atoms with Gasteiger partial charge in [-0.1, -0.05) is 0 Å². The predicted molar refractivity (Wildman–Crippen MR) is 86.6 cm³/mol. The fourth-order valence-electron chi connectivity index (χ4n) is 3.33. The summed E-state index contributed by atoms with van der Waals surface area (Å²) in [5.74, 6) is 0.773. The first-order valence-electron chi connectivity index (χ1n) is 7.48. The van der Waals surface area contributed by atoms with E-state index in [0.717, 1.165) is 42.6 Å². The third-order valence-electron chi connectivity index (χ3n) is 4.46. The first kappa shape index (κ1) is 15.5. The average Bonchev–Trinajstić information content (AvgIpc) is 2.90. The van der Waals surface area contributed by atoms with Crippen LogP contribution in [0.25, 0.3) is 0 Å². The second kappa shape index (κ2) is 6.77. The zero-order chi connectivity index (χ0) is 14.8. The predicted octanol–water partition coefficient (Wildman–Crippen LogP) is 2.68. The molecule has 3 rings (SSSR count). The summed E-state index contributed by atoms with van der Waals surface area (Å²) < 4.78 is 0.844. The van der Waals surface area contributed by atoms with Crippen LogP contribution >= 0.6 is 27.5 Å². The smallest absolute Gasteiger partial charge is 0.224 e. The highest BCUT2D eigenvalue weighted by Gasteiger charge is 2.30. The van der Waals surface area contributed by atoms with Crippen LogP contribution in [0.1, 0.15) is 32.1 Å². The number of aliphatic hydroxyl groups excluding tert-OH is 1. The molecule has 1 saturated carbocycles. The largest absolute Gasteiger partial charge is 0.392 e. The van der Waals surface area contributed by atoms with Gasteiger partial charge in [0, 0.05) is 31.4 Å². The fourth-order valence-corrected chi connectivity index (χ4v) is 3.76. The highest BCUT2D eigenvalue weighted by atomic mass is 79.9. The molecule has 1 aromatic rings. The van der Waals surface area contributed by atoms with Gasteiger partial charge >= 0.3 is 0 Å². The molecule has 2 heterocycles. The highest BCUT2D eigenvalue weighted by molar-refractivity contribution is 9.10. The quantitative estimate of drug-likeness (QED) is 0.795. The number of aliphatic hydroxyl groups is 1. The number of nitrogens with zero attached hydrogens (tertiary/aromatic N) is 3. The Morgan fingerprint density at radius 3 is 2.71 bits per heavy atom. The van der Waals surface area contributed by atoms with Crippen molar-refractivity contribution in [1.82, 2.24) is 14.9 Å². The van der Waals surface area contributed by atoms with Crippen molar-refractivity contribution in [3.63, 3.8) is 0 Å². The molecule has 7 heteroatoms. The van der Waals surface area contributed by atoms with Crippen LogP contribution in [0.2, 0.25) is 5.28 Å². The molecule has 2 N–H and O–H groups in total. The highest BCUT2D eigenvalue weighted by Crippen LogP contribution is 2.29. The van der Waals surface area contributed by atoms with E-state index in [0.29, 0.717) is 12.1 Å². The molecule has 1 saturated heterocycles. The van der Waals surface area contributed by atoms with Gasteiger partial charge in [0.25, 0.3) is 0 Å². The lowest BCUT2D eigenvalue weighted by Crippen LogP contribution is -2.39. The van der Waals surface area contributed by atoms with Crippen molar-refractivity contribution in [1.29, 1.82) is 0 Å². The molecule has 0 radical (unpaired) electrons. The first-order valence-corrected chi connectivity index (χ1v) is 8.65. The lowest BCUT2D eigenvalue weighted by atomic mass is 9.90. The van der Waals surface area contributed by atoms with E-state index in [4.69, 9.17) is 11.6 Å². The van der Waals surface area contributed by atoms with E-state index in [2.05, 4.69) is 36.1 Å². The van der Waals surface area contributed by atoms with Gasteiger partial charge in [0.2, 0.25) is 5.28 Å². The minimum absolute atomic E-state index is 0.125. The van der Waals surface area contributed by atoms with Gasteiger partial charge in [-0.3, -0.25) is 4.90 Å².